The highest BCUT2D eigenvalue weighted by molar-refractivity contribution is 7.19. The molecule has 0 fully saturated rings. The van der Waals surface area contributed by atoms with Gasteiger partial charge in [0.2, 0.25) is 0 Å². The SMILES string of the molecule is Cc1ccc(F)c(C(C)(C)CC(O)(Cc2cc3ccncc3s2)C(F)(F)F)c1. The molecule has 2 heterocycles. The number of nitrogens with zero attached hydrogens (tertiary/aromatic N) is 1. The Balaban J connectivity index is 1.98. The minimum Gasteiger partial charge on any atom is -0.380 e. The van der Waals surface area contributed by atoms with Gasteiger partial charge in [-0.25, -0.2) is 4.39 Å². The number of alkyl halides is 3. The Morgan fingerprint density at radius 3 is 2.46 bits per heavy atom. The second kappa shape index (κ2) is 7.12. The summed E-state index contributed by atoms with van der Waals surface area (Å²) in [5.41, 5.74) is -3.30. The molecular weight excluding hydrogens is 390 g/mol. The first kappa shape index (κ1) is 20.7. The van der Waals surface area contributed by atoms with Crippen molar-refractivity contribution >= 4 is 21.4 Å². The lowest BCUT2D eigenvalue weighted by molar-refractivity contribution is -0.266. The highest BCUT2D eigenvalue weighted by Crippen LogP contribution is 2.44. The number of aryl methyl sites for hydroxylation is 1. The Kier molecular flexibility index (Phi) is 5.27. The lowest BCUT2D eigenvalue weighted by Gasteiger charge is -2.38. The van der Waals surface area contributed by atoms with Crippen LogP contribution in [0.15, 0.2) is 42.7 Å². The molecule has 1 unspecified atom stereocenters. The van der Waals surface area contributed by atoms with Crippen LogP contribution < -0.4 is 0 Å². The molecule has 0 amide bonds. The quantitative estimate of drug-likeness (QED) is 0.527. The van der Waals surface area contributed by atoms with E-state index in [1.54, 1.807) is 37.5 Å². The number of aromatic nitrogens is 1. The molecule has 0 spiro atoms. The van der Waals surface area contributed by atoms with Crippen molar-refractivity contribution in [3.05, 3.63) is 64.5 Å². The molecular formula is C21H21F4NOS. The van der Waals surface area contributed by atoms with E-state index in [0.29, 0.717) is 4.88 Å². The Morgan fingerprint density at radius 1 is 1.11 bits per heavy atom. The largest absolute Gasteiger partial charge is 0.417 e. The topological polar surface area (TPSA) is 33.1 Å². The third kappa shape index (κ3) is 4.05. The van der Waals surface area contributed by atoms with Crippen molar-refractivity contribution in [3.63, 3.8) is 0 Å². The van der Waals surface area contributed by atoms with Gasteiger partial charge in [0.05, 0.1) is 4.70 Å². The Morgan fingerprint density at radius 2 is 1.82 bits per heavy atom. The van der Waals surface area contributed by atoms with E-state index in [0.717, 1.165) is 15.6 Å². The highest BCUT2D eigenvalue weighted by Gasteiger charge is 2.56. The van der Waals surface area contributed by atoms with Gasteiger partial charge < -0.3 is 5.11 Å². The highest BCUT2D eigenvalue weighted by atomic mass is 32.1. The van der Waals surface area contributed by atoms with Crippen LogP contribution in [0.1, 0.15) is 36.3 Å². The lowest BCUT2D eigenvalue weighted by atomic mass is 9.73. The Hall–Kier alpha value is -1.99. The number of thiophene rings is 1. The fraction of sp³-hybridized carbons (Fsp3) is 0.381. The molecule has 0 aliphatic rings. The molecule has 28 heavy (non-hydrogen) atoms. The van der Waals surface area contributed by atoms with Crippen LogP contribution in [0, 0.1) is 12.7 Å². The molecule has 7 heteroatoms. The predicted octanol–water partition coefficient (Wildman–Crippen LogP) is 5.95. The van der Waals surface area contributed by atoms with Gasteiger partial charge in [-0.3, -0.25) is 4.98 Å². The summed E-state index contributed by atoms with van der Waals surface area (Å²) in [5.74, 6) is -0.576. The van der Waals surface area contributed by atoms with E-state index < -0.39 is 35.9 Å². The molecule has 2 nitrogen and oxygen atoms in total. The van der Waals surface area contributed by atoms with Crippen molar-refractivity contribution in [1.29, 1.82) is 0 Å². The first-order chi connectivity index (χ1) is 12.9. The fourth-order valence-electron chi connectivity index (χ4n) is 3.56. The van der Waals surface area contributed by atoms with E-state index in [9.17, 15) is 22.7 Å². The summed E-state index contributed by atoms with van der Waals surface area (Å²) < 4.78 is 56.9. The van der Waals surface area contributed by atoms with Crippen LogP contribution in [-0.2, 0) is 11.8 Å². The minimum atomic E-state index is -4.86. The van der Waals surface area contributed by atoms with E-state index in [2.05, 4.69) is 4.98 Å². The van der Waals surface area contributed by atoms with Crippen LogP contribution in [-0.4, -0.2) is 21.9 Å². The molecule has 2 aromatic heterocycles. The van der Waals surface area contributed by atoms with Gasteiger partial charge in [0.15, 0.2) is 5.60 Å². The molecule has 0 radical (unpaired) electrons. The minimum absolute atomic E-state index is 0.163. The summed E-state index contributed by atoms with van der Waals surface area (Å²) in [6.07, 6.45) is -2.96. The number of halogens is 4. The summed E-state index contributed by atoms with van der Waals surface area (Å²) in [5, 5.41) is 11.5. The number of benzene rings is 1. The third-order valence-corrected chi connectivity index (χ3v) is 6.04. The molecule has 1 aromatic carbocycles. The molecule has 0 aliphatic carbocycles. The average Bonchev–Trinajstić information content (AvgIpc) is 2.97. The first-order valence-electron chi connectivity index (χ1n) is 8.79. The van der Waals surface area contributed by atoms with Crippen molar-refractivity contribution in [3.8, 4) is 0 Å². The van der Waals surface area contributed by atoms with Crippen LogP contribution in [0.5, 0.6) is 0 Å². The second-order valence-electron chi connectivity index (χ2n) is 7.88. The molecule has 0 aliphatic heterocycles. The standard InChI is InChI=1S/C21H21F4NOS/c1-13-4-5-17(22)16(8-13)19(2,3)12-20(27,21(23,24)25)10-15-9-14-6-7-26-11-18(14)28-15/h4-9,11,27H,10,12H2,1-3H3. The van der Waals surface area contributed by atoms with Crippen molar-refractivity contribution in [2.45, 2.75) is 50.8 Å². The Labute approximate surface area is 164 Å². The van der Waals surface area contributed by atoms with Crippen molar-refractivity contribution in [2.24, 2.45) is 0 Å². The van der Waals surface area contributed by atoms with Crippen LogP contribution in [0.25, 0.3) is 10.1 Å². The van der Waals surface area contributed by atoms with Crippen LogP contribution in [0.3, 0.4) is 0 Å². The van der Waals surface area contributed by atoms with E-state index in [1.807, 2.05) is 0 Å². The van der Waals surface area contributed by atoms with Gasteiger partial charge in [-0.15, -0.1) is 11.3 Å². The van der Waals surface area contributed by atoms with E-state index >= 15 is 0 Å². The first-order valence-corrected chi connectivity index (χ1v) is 9.61. The normalized spacial score (nSPS) is 15.0. The number of hydrogen-bond acceptors (Lipinski definition) is 3. The third-order valence-electron chi connectivity index (χ3n) is 4.95. The van der Waals surface area contributed by atoms with Gasteiger partial charge in [-0.2, -0.15) is 13.2 Å². The summed E-state index contributed by atoms with van der Waals surface area (Å²) in [4.78, 5) is 4.38. The lowest BCUT2D eigenvalue weighted by Crippen LogP contribution is -2.50. The van der Waals surface area contributed by atoms with E-state index in [4.69, 9.17) is 0 Å². The maximum atomic E-state index is 14.3. The van der Waals surface area contributed by atoms with Gasteiger partial charge in [-0.1, -0.05) is 31.5 Å². The van der Waals surface area contributed by atoms with Gasteiger partial charge in [0.25, 0.3) is 0 Å². The van der Waals surface area contributed by atoms with Crippen LogP contribution in [0.2, 0.25) is 0 Å². The van der Waals surface area contributed by atoms with Crippen molar-refractivity contribution in [1.82, 2.24) is 4.98 Å². The average molecular weight is 411 g/mol. The predicted molar refractivity (Wildman–Crippen MR) is 103 cm³/mol. The zero-order chi connectivity index (χ0) is 20.7. The molecule has 3 rings (SSSR count). The van der Waals surface area contributed by atoms with Crippen molar-refractivity contribution in [2.75, 3.05) is 0 Å². The maximum Gasteiger partial charge on any atom is 0.417 e. The summed E-state index contributed by atoms with van der Waals surface area (Å²) >= 11 is 1.17. The zero-order valence-corrected chi connectivity index (χ0v) is 16.6. The summed E-state index contributed by atoms with van der Waals surface area (Å²) in [6.45, 7) is 4.80. The summed E-state index contributed by atoms with van der Waals surface area (Å²) in [6, 6.07) is 7.71. The zero-order valence-electron chi connectivity index (χ0n) is 15.8. The van der Waals surface area contributed by atoms with E-state index in [-0.39, 0.29) is 5.56 Å². The van der Waals surface area contributed by atoms with Crippen LogP contribution in [0.4, 0.5) is 17.6 Å². The maximum absolute atomic E-state index is 14.3. The molecule has 1 atom stereocenters. The Bertz CT molecular complexity index is 962. The van der Waals surface area contributed by atoms with Gasteiger partial charge in [0.1, 0.15) is 5.82 Å². The molecule has 0 saturated heterocycles. The number of aliphatic hydroxyl groups is 1. The number of rotatable bonds is 5. The molecule has 1 N–H and O–H groups in total. The number of hydrogen-bond donors (Lipinski definition) is 1. The van der Waals surface area contributed by atoms with Gasteiger partial charge >= 0.3 is 6.18 Å². The monoisotopic (exact) mass is 411 g/mol. The molecule has 3 aromatic rings. The second-order valence-corrected chi connectivity index (χ2v) is 9.04. The molecule has 150 valence electrons. The van der Waals surface area contributed by atoms with E-state index in [1.165, 1.54) is 37.3 Å². The van der Waals surface area contributed by atoms with Gasteiger partial charge in [0, 0.05) is 23.7 Å². The van der Waals surface area contributed by atoms with Crippen LogP contribution >= 0.6 is 11.3 Å². The smallest absolute Gasteiger partial charge is 0.380 e. The van der Waals surface area contributed by atoms with Gasteiger partial charge in [-0.05, 0) is 47.9 Å². The van der Waals surface area contributed by atoms with Crippen molar-refractivity contribution < 1.29 is 22.7 Å². The summed E-state index contributed by atoms with van der Waals surface area (Å²) in [7, 11) is 0. The number of pyridine rings is 1. The molecule has 0 saturated carbocycles. The molecule has 0 bridgehead atoms. The fourth-order valence-corrected chi connectivity index (χ4v) is 4.70. The number of fused-ring (bicyclic) bond motifs is 1.